The third-order valence-electron chi connectivity index (χ3n) is 3.85. The van der Waals surface area contributed by atoms with Gasteiger partial charge < -0.3 is 24.8 Å². The summed E-state index contributed by atoms with van der Waals surface area (Å²) in [7, 11) is 5.55. The minimum absolute atomic E-state index is 0.139. The Balaban J connectivity index is 2.22. The van der Waals surface area contributed by atoms with Gasteiger partial charge in [0.15, 0.2) is 11.5 Å². The summed E-state index contributed by atoms with van der Waals surface area (Å²) < 4.78 is 11.6. The first kappa shape index (κ1) is 16.1. The molecule has 0 spiro atoms. The quantitative estimate of drug-likeness (QED) is 0.831. The lowest BCUT2D eigenvalue weighted by atomic mass is 10.1. The second-order valence-corrected chi connectivity index (χ2v) is 5.60. The van der Waals surface area contributed by atoms with Crippen LogP contribution in [0.3, 0.4) is 0 Å². The Morgan fingerprint density at radius 2 is 2.29 bits per heavy atom. The summed E-state index contributed by atoms with van der Waals surface area (Å²) in [6, 6.07) is 5.65. The lowest BCUT2D eigenvalue weighted by molar-refractivity contribution is 0.0948. The molecule has 1 aliphatic heterocycles. The molecule has 0 amide bonds. The Labute approximate surface area is 126 Å². The van der Waals surface area contributed by atoms with E-state index in [2.05, 4.69) is 17.3 Å². The fourth-order valence-corrected chi connectivity index (χ4v) is 2.77. The summed E-state index contributed by atoms with van der Waals surface area (Å²) in [6.45, 7) is 2.49. The minimum Gasteiger partial charge on any atom is -0.493 e. The molecule has 118 valence electrons. The van der Waals surface area contributed by atoms with Crippen molar-refractivity contribution in [3.63, 3.8) is 0 Å². The van der Waals surface area contributed by atoms with Gasteiger partial charge in [-0.15, -0.1) is 0 Å². The van der Waals surface area contributed by atoms with Crippen molar-refractivity contribution in [3.05, 3.63) is 23.8 Å². The van der Waals surface area contributed by atoms with Gasteiger partial charge in [0.25, 0.3) is 0 Å². The lowest BCUT2D eigenvalue weighted by Gasteiger charge is -2.31. The van der Waals surface area contributed by atoms with Crippen molar-refractivity contribution in [1.82, 2.24) is 10.2 Å². The molecular weight excluding hydrogens is 268 g/mol. The number of hydrogen-bond acceptors (Lipinski definition) is 5. The summed E-state index contributed by atoms with van der Waals surface area (Å²) >= 11 is 0. The Morgan fingerprint density at radius 3 is 2.95 bits per heavy atom. The van der Waals surface area contributed by atoms with E-state index in [1.807, 2.05) is 25.2 Å². The number of ether oxygens (including phenoxy) is 2. The topological polar surface area (TPSA) is 54.0 Å². The number of aliphatic hydroxyl groups excluding tert-OH is 1. The zero-order chi connectivity index (χ0) is 15.2. The smallest absolute Gasteiger partial charge is 0.167 e. The van der Waals surface area contributed by atoms with E-state index in [1.165, 1.54) is 0 Å². The number of nitrogens with zero attached hydrogens (tertiary/aromatic N) is 1. The number of aliphatic hydroxyl groups is 1. The number of nitrogens with one attached hydrogen (secondary N) is 1. The van der Waals surface area contributed by atoms with Crippen molar-refractivity contribution < 1.29 is 14.6 Å². The standard InChI is InChI=1S/C16H26N2O3/c1-17-10-14(19)13-7-4-8-15(20-3)16(13)21-12-6-5-9-18(2)11-12/h4,7-8,12,14,17,19H,5-6,9-11H2,1-3H3. The third-order valence-corrected chi connectivity index (χ3v) is 3.85. The van der Waals surface area contributed by atoms with Crippen molar-refractivity contribution >= 4 is 0 Å². The van der Waals surface area contributed by atoms with Gasteiger partial charge in [0.1, 0.15) is 6.10 Å². The predicted octanol–water partition coefficient (Wildman–Crippen LogP) is 1.42. The molecule has 5 heteroatoms. The van der Waals surface area contributed by atoms with Crippen LogP contribution >= 0.6 is 0 Å². The molecule has 0 aromatic heterocycles. The van der Waals surface area contributed by atoms with Gasteiger partial charge in [-0.2, -0.15) is 0 Å². The molecular formula is C16H26N2O3. The highest BCUT2D eigenvalue weighted by atomic mass is 16.5. The number of likely N-dealkylation sites (N-methyl/N-ethyl adjacent to an activating group) is 2. The van der Waals surface area contributed by atoms with Crippen molar-refractivity contribution in [2.24, 2.45) is 0 Å². The van der Waals surface area contributed by atoms with E-state index >= 15 is 0 Å². The first-order valence-electron chi connectivity index (χ1n) is 7.50. The number of rotatable bonds is 6. The summed E-state index contributed by atoms with van der Waals surface area (Å²) in [5.74, 6) is 1.35. The fourth-order valence-electron chi connectivity index (χ4n) is 2.77. The number of benzene rings is 1. The first-order valence-corrected chi connectivity index (χ1v) is 7.50. The Morgan fingerprint density at radius 1 is 1.48 bits per heavy atom. The number of methoxy groups -OCH3 is 1. The molecule has 1 aromatic rings. The molecule has 0 saturated carbocycles. The summed E-state index contributed by atoms with van der Waals surface area (Å²) in [5, 5.41) is 13.3. The molecule has 5 nitrogen and oxygen atoms in total. The van der Waals surface area contributed by atoms with E-state index in [0.717, 1.165) is 31.5 Å². The van der Waals surface area contributed by atoms with E-state index < -0.39 is 6.10 Å². The van der Waals surface area contributed by atoms with Gasteiger partial charge >= 0.3 is 0 Å². The van der Waals surface area contributed by atoms with Crippen LogP contribution in [-0.4, -0.2) is 56.9 Å². The van der Waals surface area contributed by atoms with E-state index in [1.54, 1.807) is 7.11 Å². The molecule has 1 aromatic carbocycles. The van der Waals surface area contributed by atoms with Crippen LogP contribution in [0.15, 0.2) is 18.2 Å². The van der Waals surface area contributed by atoms with Gasteiger partial charge in [-0.05, 0) is 39.5 Å². The van der Waals surface area contributed by atoms with Crippen molar-refractivity contribution in [3.8, 4) is 11.5 Å². The van der Waals surface area contributed by atoms with E-state index in [9.17, 15) is 5.11 Å². The molecule has 0 radical (unpaired) electrons. The minimum atomic E-state index is -0.610. The lowest BCUT2D eigenvalue weighted by Crippen LogP contribution is -2.38. The van der Waals surface area contributed by atoms with Gasteiger partial charge in [0.2, 0.25) is 0 Å². The fraction of sp³-hybridized carbons (Fsp3) is 0.625. The third kappa shape index (κ3) is 4.09. The molecule has 0 bridgehead atoms. The van der Waals surface area contributed by atoms with Crippen LogP contribution in [0.1, 0.15) is 24.5 Å². The van der Waals surface area contributed by atoms with Crippen LogP contribution in [0, 0.1) is 0 Å². The van der Waals surface area contributed by atoms with Crippen molar-refractivity contribution in [2.75, 3.05) is 40.8 Å². The predicted molar refractivity (Wildman–Crippen MR) is 83.0 cm³/mol. The van der Waals surface area contributed by atoms with Gasteiger partial charge in [-0.25, -0.2) is 0 Å². The van der Waals surface area contributed by atoms with Gasteiger partial charge in [-0.3, -0.25) is 0 Å². The SMILES string of the molecule is CNCC(O)c1cccc(OC)c1OC1CCCN(C)C1. The summed E-state index contributed by atoms with van der Waals surface area (Å²) in [5.41, 5.74) is 0.775. The molecule has 2 unspecified atom stereocenters. The molecule has 21 heavy (non-hydrogen) atoms. The van der Waals surface area contributed by atoms with E-state index in [4.69, 9.17) is 9.47 Å². The van der Waals surface area contributed by atoms with Crippen molar-refractivity contribution in [1.29, 1.82) is 0 Å². The van der Waals surface area contributed by atoms with Gasteiger partial charge in [0.05, 0.1) is 13.2 Å². The number of likely N-dealkylation sites (tertiary alicyclic amines) is 1. The summed E-state index contributed by atoms with van der Waals surface area (Å²) in [4.78, 5) is 2.27. The maximum atomic E-state index is 10.3. The molecule has 2 rings (SSSR count). The van der Waals surface area contributed by atoms with E-state index in [0.29, 0.717) is 18.0 Å². The monoisotopic (exact) mass is 294 g/mol. The van der Waals surface area contributed by atoms with Crippen LogP contribution in [0.5, 0.6) is 11.5 Å². The maximum absolute atomic E-state index is 10.3. The van der Waals surface area contributed by atoms with Gasteiger partial charge in [0, 0.05) is 18.7 Å². The van der Waals surface area contributed by atoms with E-state index in [-0.39, 0.29) is 6.10 Å². The molecule has 2 atom stereocenters. The summed E-state index contributed by atoms with van der Waals surface area (Å²) in [6.07, 6.45) is 1.69. The van der Waals surface area contributed by atoms with Crippen LogP contribution in [0.4, 0.5) is 0 Å². The van der Waals surface area contributed by atoms with Crippen LogP contribution in [0.2, 0.25) is 0 Å². The zero-order valence-corrected chi connectivity index (χ0v) is 13.1. The molecule has 1 fully saturated rings. The molecule has 1 aliphatic rings. The first-order chi connectivity index (χ1) is 10.2. The maximum Gasteiger partial charge on any atom is 0.167 e. The number of hydrogen-bond donors (Lipinski definition) is 2. The second-order valence-electron chi connectivity index (χ2n) is 5.60. The molecule has 1 saturated heterocycles. The van der Waals surface area contributed by atoms with Crippen LogP contribution in [-0.2, 0) is 0 Å². The van der Waals surface area contributed by atoms with Crippen molar-refractivity contribution in [2.45, 2.75) is 25.0 Å². The Kier molecular flexibility index (Phi) is 5.85. The van der Waals surface area contributed by atoms with Crippen LogP contribution in [0.25, 0.3) is 0 Å². The Bertz CT molecular complexity index is 453. The van der Waals surface area contributed by atoms with Crippen LogP contribution < -0.4 is 14.8 Å². The van der Waals surface area contributed by atoms with Gasteiger partial charge in [-0.1, -0.05) is 12.1 Å². The average molecular weight is 294 g/mol. The number of para-hydroxylation sites is 1. The normalized spacial score (nSPS) is 21.0. The average Bonchev–Trinajstić information content (AvgIpc) is 2.47. The largest absolute Gasteiger partial charge is 0.493 e. The number of piperidine rings is 1. The highest BCUT2D eigenvalue weighted by molar-refractivity contribution is 5.48. The molecule has 0 aliphatic carbocycles. The second kappa shape index (κ2) is 7.64. The Hall–Kier alpha value is -1.30. The zero-order valence-electron chi connectivity index (χ0n) is 13.1. The highest BCUT2D eigenvalue weighted by Gasteiger charge is 2.23. The highest BCUT2D eigenvalue weighted by Crippen LogP contribution is 2.36. The molecule has 2 N–H and O–H groups in total. The molecule has 1 heterocycles.